The number of hydrogen-bond donors (Lipinski definition) is 0. The van der Waals surface area contributed by atoms with Crippen molar-refractivity contribution in [1.29, 1.82) is 0 Å². The van der Waals surface area contributed by atoms with E-state index in [2.05, 4.69) is 33.9 Å². The van der Waals surface area contributed by atoms with E-state index in [0.717, 1.165) is 16.7 Å². The Kier molecular flexibility index (Phi) is 4.93. The Balaban J connectivity index is 0.000001000. The average Bonchev–Trinajstić information content (AvgIpc) is 1.94. The van der Waals surface area contributed by atoms with Crippen molar-refractivity contribution >= 4 is 32.9 Å². The van der Waals surface area contributed by atoms with E-state index in [-0.39, 0.29) is 17.0 Å². The number of aryl methyl sites for hydroxylation is 2. The van der Waals surface area contributed by atoms with Gasteiger partial charge in [-0.15, -0.1) is 17.0 Å². The zero-order valence-corrected chi connectivity index (χ0v) is 9.89. The highest BCUT2D eigenvalue weighted by Gasteiger charge is 1.96. The molecule has 0 atom stereocenters. The van der Waals surface area contributed by atoms with Gasteiger partial charge in [0.25, 0.3) is 0 Å². The van der Waals surface area contributed by atoms with Gasteiger partial charge >= 0.3 is 0 Å². The maximum Gasteiger partial charge on any atom is 0.0541 e. The molecule has 0 N–H and O–H groups in total. The van der Waals surface area contributed by atoms with Crippen LogP contribution in [-0.4, -0.2) is 4.98 Å². The van der Waals surface area contributed by atoms with Crippen molar-refractivity contribution in [3.05, 3.63) is 29.1 Å². The number of nitrogens with zero attached hydrogens (tertiary/aromatic N) is 1. The molecule has 11 heavy (non-hydrogen) atoms. The number of rotatable bonds is 1. The first-order valence-corrected chi connectivity index (χ1v) is 4.35. The van der Waals surface area contributed by atoms with Crippen LogP contribution in [0.5, 0.6) is 0 Å². The summed E-state index contributed by atoms with van der Waals surface area (Å²) >= 11 is 3.38. The predicted octanol–water partition coefficient (Wildman–Crippen LogP) is 3.17. The van der Waals surface area contributed by atoms with Crippen molar-refractivity contribution in [3.63, 3.8) is 0 Å². The van der Waals surface area contributed by atoms with Crippen LogP contribution in [0, 0.1) is 13.8 Å². The second-order valence-corrected chi connectivity index (χ2v) is 2.91. The Morgan fingerprint density at radius 3 is 2.45 bits per heavy atom. The Labute approximate surface area is 86.1 Å². The van der Waals surface area contributed by atoms with Crippen molar-refractivity contribution in [2.75, 3.05) is 0 Å². The molecule has 0 aliphatic heterocycles. The summed E-state index contributed by atoms with van der Waals surface area (Å²) in [7, 11) is 0. The maximum atomic E-state index is 4.34. The minimum absolute atomic E-state index is 0. The van der Waals surface area contributed by atoms with Crippen molar-refractivity contribution in [2.45, 2.75) is 19.2 Å². The van der Waals surface area contributed by atoms with Crippen LogP contribution in [0.4, 0.5) is 0 Å². The molecule has 0 aromatic carbocycles. The molecule has 1 aromatic rings. The van der Waals surface area contributed by atoms with Crippen molar-refractivity contribution in [2.24, 2.45) is 0 Å². The fourth-order valence-electron chi connectivity index (χ4n) is 0.815. The summed E-state index contributed by atoms with van der Waals surface area (Å²) in [6, 6.07) is 4.13. The van der Waals surface area contributed by atoms with Gasteiger partial charge in [0, 0.05) is 11.0 Å². The molecule has 0 spiro atoms. The molecule has 0 bridgehead atoms. The Morgan fingerprint density at radius 1 is 1.36 bits per heavy atom. The molecule has 0 saturated carbocycles. The number of aromatic nitrogens is 1. The third-order valence-corrected chi connectivity index (χ3v) is 2.00. The summed E-state index contributed by atoms with van der Waals surface area (Å²) in [5.74, 6) is 0. The molecule has 62 valence electrons. The van der Waals surface area contributed by atoms with Gasteiger partial charge in [0.15, 0.2) is 0 Å². The van der Waals surface area contributed by atoms with Gasteiger partial charge in [0.2, 0.25) is 0 Å². The van der Waals surface area contributed by atoms with Crippen LogP contribution in [0.25, 0.3) is 0 Å². The number of halogens is 2. The molecule has 0 amide bonds. The van der Waals surface area contributed by atoms with Gasteiger partial charge in [0.05, 0.1) is 5.69 Å². The first kappa shape index (κ1) is 11.1. The lowest BCUT2D eigenvalue weighted by molar-refractivity contribution is 1.08. The highest BCUT2D eigenvalue weighted by atomic mass is 79.9. The van der Waals surface area contributed by atoms with E-state index in [1.807, 2.05) is 13.0 Å². The van der Waals surface area contributed by atoms with Gasteiger partial charge in [-0.25, -0.2) is 0 Å². The zero-order valence-electron chi connectivity index (χ0n) is 6.60. The van der Waals surface area contributed by atoms with Crippen LogP contribution in [0.2, 0.25) is 0 Å². The van der Waals surface area contributed by atoms with Crippen molar-refractivity contribution in [3.8, 4) is 0 Å². The second kappa shape index (κ2) is 4.88. The van der Waals surface area contributed by atoms with Crippen LogP contribution in [0.3, 0.4) is 0 Å². The monoisotopic (exact) mass is 279 g/mol. The number of alkyl halides is 1. The highest BCUT2D eigenvalue weighted by molar-refractivity contribution is 9.08. The van der Waals surface area contributed by atoms with E-state index in [4.69, 9.17) is 0 Å². The highest BCUT2D eigenvalue weighted by Crippen LogP contribution is 2.08. The third kappa shape index (κ3) is 2.91. The molecule has 1 aromatic heterocycles. The molecular weight excluding hydrogens is 270 g/mol. The fourth-order valence-corrected chi connectivity index (χ4v) is 1.38. The molecular formula is C8H11Br2N. The summed E-state index contributed by atoms with van der Waals surface area (Å²) in [6.45, 7) is 4.08. The normalized spacial score (nSPS) is 9.00. The predicted molar refractivity (Wildman–Crippen MR) is 56.7 cm³/mol. The third-order valence-electron chi connectivity index (χ3n) is 1.47. The molecule has 0 aliphatic carbocycles. The van der Waals surface area contributed by atoms with Gasteiger partial charge < -0.3 is 0 Å². The zero-order chi connectivity index (χ0) is 7.56. The van der Waals surface area contributed by atoms with E-state index in [1.165, 1.54) is 5.56 Å². The van der Waals surface area contributed by atoms with E-state index < -0.39 is 0 Å². The van der Waals surface area contributed by atoms with Crippen LogP contribution in [-0.2, 0) is 5.33 Å². The average molecular weight is 281 g/mol. The number of hydrogen-bond acceptors (Lipinski definition) is 1. The van der Waals surface area contributed by atoms with E-state index in [0.29, 0.717) is 0 Å². The molecule has 0 radical (unpaired) electrons. The molecule has 1 heterocycles. The minimum atomic E-state index is 0. The van der Waals surface area contributed by atoms with Gasteiger partial charge in [-0.05, 0) is 25.5 Å². The fraction of sp³-hybridized carbons (Fsp3) is 0.375. The topological polar surface area (TPSA) is 12.9 Å². The first-order chi connectivity index (χ1) is 4.74. The van der Waals surface area contributed by atoms with Crippen molar-refractivity contribution in [1.82, 2.24) is 4.98 Å². The smallest absolute Gasteiger partial charge is 0.0541 e. The van der Waals surface area contributed by atoms with E-state index in [1.54, 1.807) is 0 Å². The molecule has 1 nitrogen and oxygen atoms in total. The van der Waals surface area contributed by atoms with Crippen LogP contribution in [0.1, 0.15) is 17.0 Å². The summed E-state index contributed by atoms with van der Waals surface area (Å²) < 4.78 is 0. The quantitative estimate of drug-likeness (QED) is 0.720. The van der Waals surface area contributed by atoms with Gasteiger partial charge in [-0.3, -0.25) is 4.98 Å². The molecule has 0 saturated heterocycles. The van der Waals surface area contributed by atoms with Gasteiger partial charge in [-0.1, -0.05) is 22.0 Å². The van der Waals surface area contributed by atoms with Crippen LogP contribution >= 0.6 is 32.9 Å². The molecule has 1 rings (SSSR count). The lowest BCUT2D eigenvalue weighted by Crippen LogP contribution is -1.91. The van der Waals surface area contributed by atoms with Gasteiger partial charge in [0.1, 0.15) is 0 Å². The summed E-state index contributed by atoms with van der Waals surface area (Å²) in [6.07, 6.45) is 0. The molecule has 0 unspecified atom stereocenters. The van der Waals surface area contributed by atoms with E-state index in [9.17, 15) is 0 Å². The lowest BCUT2D eigenvalue weighted by Gasteiger charge is -2.00. The number of pyridine rings is 1. The Hall–Kier alpha value is 0.110. The standard InChI is InChI=1S/C8H10BrN.BrH/c1-6-3-4-7(2)10-8(6)5-9;/h3-4H,5H2,1-2H3;1H. The minimum Gasteiger partial charge on any atom is -0.257 e. The summed E-state index contributed by atoms with van der Waals surface area (Å²) in [5, 5.41) is 0.848. The SMILES string of the molecule is Br.Cc1ccc(C)c(CBr)n1. The molecule has 3 heteroatoms. The van der Waals surface area contributed by atoms with Crippen LogP contribution in [0.15, 0.2) is 12.1 Å². The molecule has 0 aliphatic rings. The Morgan fingerprint density at radius 2 is 2.00 bits per heavy atom. The lowest BCUT2D eigenvalue weighted by atomic mass is 10.2. The second-order valence-electron chi connectivity index (χ2n) is 2.35. The van der Waals surface area contributed by atoms with E-state index >= 15 is 0 Å². The van der Waals surface area contributed by atoms with Crippen molar-refractivity contribution < 1.29 is 0 Å². The molecule has 0 fully saturated rings. The summed E-state index contributed by atoms with van der Waals surface area (Å²) in [4.78, 5) is 4.34. The van der Waals surface area contributed by atoms with Gasteiger partial charge in [-0.2, -0.15) is 0 Å². The Bertz CT molecular complexity index is 236. The summed E-state index contributed by atoms with van der Waals surface area (Å²) in [5.41, 5.74) is 3.47. The maximum absolute atomic E-state index is 4.34. The first-order valence-electron chi connectivity index (χ1n) is 3.23. The largest absolute Gasteiger partial charge is 0.257 e. The van der Waals surface area contributed by atoms with Crippen LogP contribution < -0.4 is 0 Å².